The summed E-state index contributed by atoms with van der Waals surface area (Å²) in [5, 5.41) is 0.243. The fraction of sp³-hybridized carbons (Fsp3) is 0.471. The number of carbonyl (C=O) groups excluding carboxylic acids is 2. The smallest absolute Gasteiger partial charge is 0.325 e. The molecule has 1 aromatic heterocycles. The topological polar surface area (TPSA) is 110 Å². The maximum atomic E-state index is 12.6. The minimum Gasteiger partial charge on any atom is -0.468 e. The molecule has 0 spiro atoms. The van der Waals surface area contributed by atoms with E-state index in [0.29, 0.717) is 24.2 Å². The van der Waals surface area contributed by atoms with Gasteiger partial charge < -0.3 is 14.1 Å². The molecular formula is C17H23N3O6S2. The average molecular weight is 430 g/mol. The number of methoxy groups -OCH3 is 1. The van der Waals surface area contributed by atoms with Gasteiger partial charge in [0.15, 0.2) is 5.58 Å². The third kappa shape index (κ3) is 5.03. The van der Waals surface area contributed by atoms with Gasteiger partial charge in [-0.15, -0.1) is 0 Å². The normalized spacial score (nSPS) is 11.8. The second kappa shape index (κ2) is 9.39. The maximum Gasteiger partial charge on any atom is 0.325 e. The number of hydrogen-bond acceptors (Lipinski definition) is 8. The Morgan fingerprint density at radius 2 is 1.93 bits per heavy atom. The Labute approximate surface area is 168 Å². The summed E-state index contributed by atoms with van der Waals surface area (Å²) in [6.07, 6.45) is 0. The molecule has 1 heterocycles. The van der Waals surface area contributed by atoms with Gasteiger partial charge in [-0.05, 0) is 18.2 Å². The third-order valence-electron chi connectivity index (χ3n) is 4.02. The first-order valence-corrected chi connectivity index (χ1v) is 11.0. The molecule has 0 radical (unpaired) electrons. The average Bonchev–Trinajstić information content (AvgIpc) is 3.08. The van der Waals surface area contributed by atoms with Crippen molar-refractivity contribution in [1.29, 1.82) is 0 Å². The lowest BCUT2D eigenvalue weighted by Crippen LogP contribution is -2.33. The first-order valence-electron chi connectivity index (χ1n) is 8.57. The zero-order chi connectivity index (χ0) is 20.9. The Hall–Kier alpha value is -2.11. The largest absolute Gasteiger partial charge is 0.468 e. The lowest BCUT2D eigenvalue weighted by molar-refractivity contribution is -0.145. The number of sulfonamides is 1. The second-order valence-corrected chi connectivity index (χ2v) is 8.68. The van der Waals surface area contributed by atoms with Crippen molar-refractivity contribution in [3.63, 3.8) is 0 Å². The highest BCUT2D eigenvalue weighted by molar-refractivity contribution is 7.99. The van der Waals surface area contributed by atoms with Crippen LogP contribution in [0, 0.1) is 0 Å². The third-order valence-corrected chi connectivity index (χ3v) is 6.88. The van der Waals surface area contributed by atoms with Crippen LogP contribution < -0.4 is 0 Å². The molecule has 1 amide bonds. The van der Waals surface area contributed by atoms with Crippen LogP contribution in [0.15, 0.2) is 32.7 Å². The summed E-state index contributed by atoms with van der Waals surface area (Å²) in [7, 11) is -0.846. The number of esters is 1. The van der Waals surface area contributed by atoms with E-state index >= 15 is 0 Å². The Balaban J connectivity index is 2.13. The van der Waals surface area contributed by atoms with Gasteiger partial charge in [0, 0.05) is 20.1 Å². The van der Waals surface area contributed by atoms with Crippen LogP contribution in [0.4, 0.5) is 0 Å². The number of rotatable bonds is 9. The van der Waals surface area contributed by atoms with Crippen LogP contribution in [-0.2, 0) is 24.3 Å². The number of oxazole rings is 1. The maximum absolute atomic E-state index is 12.6. The SMILES string of the molecule is CCN(CC)S(=O)(=O)c1ccc2oc(SCC(=O)N(C)CC(=O)OC)nc2c1. The number of likely N-dealkylation sites (N-methyl/N-ethyl adjacent to an activating group) is 1. The van der Waals surface area contributed by atoms with Gasteiger partial charge in [-0.25, -0.2) is 13.4 Å². The molecular weight excluding hydrogens is 406 g/mol. The second-order valence-electron chi connectivity index (χ2n) is 5.81. The van der Waals surface area contributed by atoms with Crippen molar-refractivity contribution in [3.05, 3.63) is 18.2 Å². The molecule has 0 atom stereocenters. The van der Waals surface area contributed by atoms with Crippen LogP contribution in [0.1, 0.15) is 13.8 Å². The Bertz CT molecular complexity index is 953. The number of fused-ring (bicyclic) bond motifs is 1. The molecule has 0 fully saturated rings. The van der Waals surface area contributed by atoms with E-state index in [1.165, 1.54) is 35.5 Å². The predicted molar refractivity (Wildman–Crippen MR) is 104 cm³/mol. The standard InChI is InChI=1S/C17H23N3O6S2/c1-5-20(6-2)28(23,24)12-7-8-14-13(9-12)18-17(26-14)27-11-15(21)19(3)10-16(22)25-4/h7-9H,5-6,10-11H2,1-4H3. The summed E-state index contributed by atoms with van der Waals surface area (Å²) in [6.45, 7) is 4.16. The molecule has 9 nitrogen and oxygen atoms in total. The first kappa shape index (κ1) is 22.2. The molecule has 11 heteroatoms. The van der Waals surface area contributed by atoms with E-state index < -0.39 is 16.0 Å². The molecule has 0 bridgehead atoms. The van der Waals surface area contributed by atoms with E-state index in [0.717, 1.165) is 11.8 Å². The Kier molecular flexibility index (Phi) is 7.44. The molecule has 2 rings (SSSR count). The van der Waals surface area contributed by atoms with Crippen molar-refractivity contribution < 1.29 is 27.2 Å². The van der Waals surface area contributed by atoms with Gasteiger partial charge in [-0.1, -0.05) is 25.6 Å². The van der Waals surface area contributed by atoms with Crippen molar-refractivity contribution in [2.45, 2.75) is 24.0 Å². The zero-order valence-electron chi connectivity index (χ0n) is 16.2. The fourth-order valence-electron chi connectivity index (χ4n) is 2.40. The van der Waals surface area contributed by atoms with Crippen LogP contribution in [0.3, 0.4) is 0 Å². The quantitative estimate of drug-likeness (QED) is 0.436. The minimum atomic E-state index is -3.59. The van der Waals surface area contributed by atoms with Crippen molar-refractivity contribution in [2.75, 3.05) is 39.5 Å². The number of ether oxygens (including phenoxy) is 1. The molecule has 154 valence electrons. The number of amides is 1. The van der Waals surface area contributed by atoms with Gasteiger partial charge in [0.25, 0.3) is 5.22 Å². The van der Waals surface area contributed by atoms with Crippen molar-refractivity contribution in [2.24, 2.45) is 0 Å². The summed E-state index contributed by atoms with van der Waals surface area (Å²) >= 11 is 1.06. The number of benzene rings is 1. The van der Waals surface area contributed by atoms with E-state index in [4.69, 9.17) is 4.42 Å². The summed E-state index contributed by atoms with van der Waals surface area (Å²) in [4.78, 5) is 28.9. The van der Waals surface area contributed by atoms with Gasteiger partial charge in [0.1, 0.15) is 12.1 Å². The molecule has 0 unspecified atom stereocenters. The Morgan fingerprint density at radius 1 is 1.25 bits per heavy atom. The van der Waals surface area contributed by atoms with Crippen molar-refractivity contribution in [1.82, 2.24) is 14.2 Å². The molecule has 1 aromatic carbocycles. The van der Waals surface area contributed by atoms with Crippen LogP contribution in [-0.4, -0.2) is 74.0 Å². The van der Waals surface area contributed by atoms with E-state index in [-0.39, 0.29) is 28.3 Å². The van der Waals surface area contributed by atoms with Crippen LogP contribution in [0.2, 0.25) is 0 Å². The fourth-order valence-corrected chi connectivity index (χ4v) is 4.66. The molecule has 2 aromatic rings. The highest BCUT2D eigenvalue weighted by atomic mass is 32.2. The van der Waals surface area contributed by atoms with Crippen LogP contribution in [0.5, 0.6) is 0 Å². The highest BCUT2D eigenvalue weighted by Gasteiger charge is 2.23. The summed E-state index contributed by atoms with van der Waals surface area (Å²) in [5.41, 5.74) is 0.822. The molecule has 0 aliphatic carbocycles. The van der Waals surface area contributed by atoms with Crippen LogP contribution >= 0.6 is 11.8 Å². The van der Waals surface area contributed by atoms with Gasteiger partial charge >= 0.3 is 5.97 Å². The first-order chi connectivity index (χ1) is 13.2. The van der Waals surface area contributed by atoms with E-state index in [1.807, 2.05) is 0 Å². The van der Waals surface area contributed by atoms with Gasteiger partial charge in [-0.3, -0.25) is 9.59 Å². The van der Waals surface area contributed by atoms with Gasteiger partial charge in [0.2, 0.25) is 15.9 Å². The summed E-state index contributed by atoms with van der Waals surface area (Å²) in [5.74, 6) is -0.780. The number of carbonyl (C=O) groups is 2. The van der Waals surface area contributed by atoms with Gasteiger partial charge in [-0.2, -0.15) is 4.31 Å². The predicted octanol–water partition coefficient (Wildman–Crippen LogP) is 1.58. The Morgan fingerprint density at radius 3 is 2.54 bits per heavy atom. The molecule has 28 heavy (non-hydrogen) atoms. The van der Waals surface area contributed by atoms with Crippen LogP contribution in [0.25, 0.3) is 11.1 Å². The van der Waals surface area contributed by atoms with Crippen molar-refractivity contribution >= 4 is 44.8 Å². The van der Waals surface area contributed by atoms with Crippen molar-refractivity contribution in [3.8, 4) is 0 Å². The zero-order valence-corrected chi connectivity index (χ0v) is 17.8. The molecule has 0 aliphatic heterocycles. The number of hydrogen-bond donors (Lipinski definition) is 0. The highest BCUT2D eigenvalue weighted by Crippen LogP contribution is 2.26. The monoisotopic (exact) mass is 429 g/mol. The van der Waals surface area contributed by atoms with Gasteiger partial charge in [0.05, 0.1) is 17.8 Å². The summed E-state index contributed by atoms with van der Waals surface area (Å²) in [6, 6.07) is 4.49. The minimum absolute atomic E-state index is 0.0188. The van der Waals surface area contributed by atoms with E-state index in [1.54, 1.807) is 19.9 Å². The molecule has 0 N–H and O–H groups in total. The lowest BCUT2D eigenvalue weighted by Gasteiger charge is -2.18. The lowest BCUT2D eigenvalue weighted by atomic mass is 10.3. The molecule has 0 saturated heterocycles. The number of thioether (sulfide) groups is 1. The van der Waals surface area contributed by atoms with E-state index in [2.05, 4.69) is 9.72 Å². The molecule has 0 saturated carbocycles. The molecule has 0 aliphatic rings. The number of nitrogens with zero attached hydrogens (tertiary/aromatic N) is 3. The number of aromatic nitrogens is 1. The van der Waals surface area contributed by atoms with E-state index in [9.17, 15) is 18.0 Å². The summed E-state index contributed by atoms with van der Waals surface area (Å²) < 4.78 is 36.7.